The van der Waals surface area contributed by atoms with Crippen molar-refractivity contribution in [2.24, 2.45) is 0 Å². The maximum atomic E-state index is 12.0. The van der Waals surface area contributed by atoms with E-state index < -0.39 is 11.5 Å². The molecule has 138 valence electrons. The zero-order chi connectivity index (χ0) is 18.3. The Morgan fingerprint density at radius 1 is 1.23 bits per heavy atom. The van der Waals surface area contributed by atoms with E-state index in [1.807, 2.05) is 25.3 Å². The zero-order valence-corrected chi connectivity index (χ0v) is 15.1. The Balaban J connectivity index is 1.49. The number of rotatable bonds is 4. The Hall–Kier alpha value is -2.54. The molecule has 0 saturated carbocycles. The van der Waals surface area contributed by atoms with Gasteiger partial charge in [0.15, 0.2) is 17.0 Å². The molecule has 7 heteroatoms. The molecule has 1 fully saturated rings. The Morgan fingerprint density at radius 2 is 1.92 bits per heavy atom. The van der Waals surface area contributed by atoms with Crippen LogP contribution in [0.3, 0.4) is 0 Å². The minimum Gasteiger partial charge on any atom is -0.479 e. The molecule has 0 unspecified atom stereocenters. The van der Waals surface area contributed by atoms with Crippen LogP contribution in [-0.4, -0.2) is 45.6 Å². The number of carboxylic acid groups (broad SMARTS) is 1. The summed E-state index contributed by atoms with van der Waals surface area (Å²) in [4.78, 5) is 14.3. The molecule has 0 amide bonds. The molecule has 1 N–H and O–H groups in total. The molecule has 0 bridgehead atoms. The SMILES string of the molecule is Cc1cnn(C2(C(=O)O)CCN(Cc3cc4c(cc3C)OCO4)CC2)c1. The predicted octanol–water partition coefficient (Wildman–Crippen LogP) is 2.30. The lowest BCUT2D eigenvalue weighted by Gasteiger charge is -2.39. The third-order valence-corrected chi connectivity index (χ3v) is 5.46. The second-order valence-corrected chi connectivity index (χ2v) is 7.21. The number of aliphatic carboxylic acids is 1. The van der Waals surface area contributed by atoms with Crippen molar-refractivity contribution < 1.29 is 19.4 Å². The van der Waals surface area contributed by atoms with E-state index in [9.17, 15) is 9.90 Å². The molecule has 0 aliphatic carbocycles. The van der Waals surface area contributed by atoms with E-state index >= 15 is 0 Å². The van der Waals surface area contributed by atoms with Gasteiger partial charge in [0.25, 0.3) is 0 Å². The van der Waals surface area contributed by atoms with E-state index in [0.717, 1.165) is 29.2 Å². The molecule has 0 radical (unpaired) electrons. The van der Waals surface area contributed by atoms with Crippen LogP contribution >= 0.6 is 0 Å². The average molecular weight is 357 g/mol. The lowest BCUT2D eigenvalue weighted by Crippen LogP contribution is -2.51. The van der Waals surface area contributed by atoms with Gasteiger partial charge in [0.1, 0.15) is 0 Å². The van der Waals surface area contributed by atoms with Crippen molar-refractivity contribution >= 4 is 5.97 Å². The van der Waals surface area contributed by atoms with Gasteiger partial charge in [-0.25, -0.2) is 4.79 Å². The molecule has 26 heavy (non-hydrogen) atoms. The number of aryl methyl sites for hydroxylation is 2. The largest absolute Gasteiger partial charge is 0.479 e. The smallest absolute Gasteiger partial charge is 0.331 e. The number of aromatic nitrogens is 2. The minimum absolute atomic E-state index is 0.270. The second-order valence-electron chi connectivity index (χ2n) is 7.21. The van der Waals surface area contributed by atoms with Gasteiger partial charge < -0.3 is 14.6 Å². The molecule has 1 saturated heterocycles. The van der Waals surface area contributed by atoms with Crippen molar-refractivity contribution in [3.8, 4) is 11.5 Å². The van der Waals surface area contributed by atoms with Gasteiger partial charge in [0, 0.05) is 25.8 Å². The fourth-order valence-corrected chi connectivity index (χ4v) is 3.77. The van der Waals surface area contributed by atoms with Crippen LogP contribution < -0.4 is 9.47 Å². The summed E-state index contributed by atoms with van der Waals surface area (Å²) >= 11 is 0. The van der Waals surface area contributed by atoms with Crippen LogP contribution in [0, 0.1) is 13.8 Å². The number of hydrogen-bond acceptors (Lipinski definition) is 5. The standard InChI is InChI=1S/C19H23N3O4/c1-13-9-20-22(10-13)19(18(23)24)3-5-21(6-4-19)11-15-8-17-16(7-14(15)2)25-12-26-17/h7-10H,3-6,11-12H2,1-2H3,(H,23,24). The number of likely N-dealkylation sites (tertiary alicyclic amines) is 1. The summed E-state index contributed by atoms with van der Waals surface area (Å²) < 4.78 is 12.5. The van der Waals surface area contributed by atoms with Crippen LogP contribution in [0.15, 0.2) is 24.5 Å². The van der Waals surface area contributed by atoms with Gasteiger partial charge in [-0.05, 0) is 55.5 Å². The number of nitrogens with zero attached hydrogens (tertiary/aromatic N) is 3. The molecular weight excluding hydrogens is 334 g/mol. The molecule has 1 aromatic heterocycles. The van der Waals surface area contributed by atoms with Crippen molar-refractivity contribution in [1.29, 1.82) is 0 Å². The van der Waals surface area contributed by atoms with Crippen molar-refractivity contribution in [3.63, 3.8) is 0 Å². The molecule has 4 rings (SSSR count). The van der Waals surface area contributed by atoms with Crippen LogP contribution in [0.4, 0.5) is 0 Å². The third-order valence-electron chi connectivity index (χ3n) is 5.46. The Labute approximate surface area is 152 Å². The Morgan fingerprint density at radius 3 is 2.54 bits per heavy atom. The van der Waals surface area contributed by atoms with Crippen LogP contribution in [0.25, 0.3) is 0 Å². The molecule has 1 aromatic carbocycles. The van der Waals surface area contributed by atoms with Crippen molar-refractivity contribution in [3.05, 3.63) is 41.2 Å². The topological polar surface area (TPSA) is 76.8 Å². The molecule has 2 aromatic rings. The van der Waals surface area contributed by atoms with Crippen molar-refractivity contribution in [1.82, 2.24) is 14.7 Å². The first-order valence-electron chi connectivity index (χ1n) is 8.84. The van der Waals surface area contributed by atoms with E-state index in [1.165, 1.54) is 5.56 Å². The fraction of sp³-hybridized carbons (Fsp3) is 0.474. The van der Waals surface area contributed by atoms with E-state index in [0.29, 0.717) is 25.9 Å². The number of hydrogen-bond donors (Lipinski definition) is 1. The highest BCUT2D eigenvalue weighted by Gasteiger charge is 2.44. The number of piperidine rings is 1. The van der Waals surface area contributed by atoms with Gasteiger partial charge in [-0.1, -0.05) is 0 Å². The molecule has 0 spiro atoms. The monoisotopic (exact) mass is 357 g/mol. The summed E-state index contributed by atoms with van der Waals surface area (Å²) in [6.07, 6.45) is 4.61. The average Bonchev–Trinajstić information content (AvgIpc) is 3.24. The zero-order valence-electron chi connectivity index (χ0n) is 15.1. The molecular formula is C19H23N3O4. The summed E-state index contributed by atoms with van der Waals surface area (Å²) in [6.45, 7) is 6.45. The number of ether oxygens (including phenoxy) is 2. The maximum absolute atomic E-state index is 12.0. The minimum atomic E-state index is -0.950. The van der Waals surface area contributed by atoms with Gasteiger partial charge >= 0.3 is 5.97 Å². The lowest BCUT2D eigenvalue weighted by molar-refractivity contribution is -0.151. The lowest BCUT2D eigenvalue weighted by atomic mass is 9.87. The van der Waals surface area contributed by atoms with Crippen LogP contribution in [0.1, 0.15) is 29.5 Å². The van der Waals surface area contributed by atoms with E-state index in [2.05, 4.69) is 16.9 Å². The van der Waals surface area contributed by atoms with E-state index in [1.54, 1.807) is 10.9 Å². The summed E-state index contributed by atoms with van der Waals surface area (Å²) in [5.74, 6) is 0.776. The van der Waals surface area contributed by atoms with E-state index in [4.69, 9.17) is 9.47 Å². The molecule has 3 heterocycles. The third kappa shape index (κ3) is 2.82. The first kappa shape index (κ1) is 16.9. The van der Waals surface area contributed by atoms with Crippen LogP contribution in [0.2, 0.25) is 0 Å². The van der Waals surface area contributed by atoms with Crippen LogP contribution in [-0.2, 0) is 16.9 Å². The highest BCUT2D eigenvalue weighted by molar-refractivity contribution is 5.76. The quantitative estimate of drug-likeness (QED) is 0.905. The van der Waals surface area contributed by atoms with Gasteiger partial charge in [0.2, 0.25) is 6.79 Å². The fourth-order valence-electron chi connectivity index (χ4n) is 3.77. The van der Waals surface area contributed by atoms with E-state index in [-0.39, 0.29) is 6.79 Å². The highest BCUT2D eigenvalue weighted by atomic mass is 16.7. The summed E-state index contributed by atoms with van der Waals surface area (Å²) in [5, 5.41) is 14.1. The van der Waals surface area contributed by atoms with Crippen molar-refractivity contribution in [2.75, 3.05) is 19.9 Å². The molecule has 0 atom stereocenters. The molecule has 2 aliphatic heterocycles. The summed E-state index contributed by atoms with van der Waals surface area (Å²) in [5.41, 5.74) is 2.37. The summed E-state index contributed by atoms with van der Waals surface area (Å²) in [6, 6.07) is 4.04. The Bertz CT molecular complexity index is 837. The van der Waals surface area contributed by atoms with Crippen molar-refractivity contribution in [2.45, 2.75) is 38.8 Å². The highest BCUT2D eigenvalue weighted by Crippen LogP contribution is 2.36. The first-order valence-corrected chi connectivity index (χ1v) is 8.84. The number of benzene rings is 1. The normalized spacial score (nSPS) is 18.8. The van der Waals surface area contributed by atoms with Gasteiger partial charge in [0.05, 0.1) is 6.20 Å². The van der Waals surface area contributed by atoms with Gasteiger partial charge in [-0.15, -0.1) is 0 Å². The number of carboxylic acids is 1. The molecule has 2 aliphatic rings. The van der Waals surface area contributed by atoms with Crippen LogP contribution in [0.5, 0.6) is 11.5 Å². The second kappa shape index (κ2) is 6.32. The summed E-state index contributed by atoms with van der Waals surface area (Å²) in [7, 11) is 0. The van der Waals surface area contributed by atoms with Gasteiger partial charge in [-0.3, -0.25) is 9.58 Å². The number of fused-ring (bicyclic) bond motifs is 1. The molecule has 7 nitrogen and oxygen atoms in total. The number of carbonyl (C=O) groups is 1. The maximum Gasteiger partial charge on any atom is 0.331 e. The predicted molar refractivity (Wildman–Crippen MR) is 94.4 cm³/mol. The first-order chi connectivity index (χ1) is 12.5. The Kier molecular flexibility index (Phi) is 4.11. The van der Waals surface area contributed by atoms with Gasteiger partial charge in [-0.2, -0.15) is 5.10 Å².